The Morgan fingerprint density at radius 2 is 1.53 bits per heavy atom. The molecule has 1 heterocycles. The van der Waals surface area contributed by atoms with E-state index in [0.29, 0.717) is 23.6 Å². The van der Waals surface area contributed by atoms with Crippen LogP contribution < -0.4 is 5.32 Å². The number of nitrogens with one attached hydrogen (secondary N) is 1. The van der Waals surface area contributed by atoms with Crippen LogP contribution in [0.15, 0.2) is 103 Å². The van der Waals surface area contributed by atoms with Gasteiger partial charge in [-0.1, -0.05) is 72.8 Å². The van der Waals surface area contributed by atoms with Crippen molar-refractivity contribution < 1.29 is 9.18 Å². The molecule has 34 heavy (non-hydrogen) atoms. The molecule has 0 fully saturated rings. The average molecular weight is 448 g/mol. The van der Waals surface area contributed by atoms with E-state index in [1.165, 1.54) is 12.1 Å². The second kappa shape index (κ2) is 9.63. The number of halogens is 1. The Balaban J connectivity index is 1.41. The van der Waals surface area contributed by atoms with Crippen LogP contribution in [0.2, 0.25) is 0 Å². The molecule has 0 aliphatic carbocycles. The number of amides is 1. The predicted molar refractivity (Wildman–Crippen MR) is 133 cm³/mol. The van der Waals surface area contributed by atoms with Crippen LogP contribution in [0.25, 0.3) is 22.0 Å². The minimum atomic E-state index is -0.307. The Kier molecular flexibility index (Phi) is 6.08. The molecule has 0 atom stereocenters. The van der Waals surface area contributed by atoms with Crippen molar-refractivity contribution in [3.05, 3.63) is 126 Å². The first kappa shape index (κ1) is 21.5. The van der Waals surface area contributed by atoms with Gasteiger partial charge in [0.2, 0.25) is 5.91 Å². The van der Waals surface area contributed by atoms with Gasteiger partial charge < -0.3 is 5.32 Å². The Labute approximate surface area is 197 Å². The van der Waals surface area contributed by atoms with Crippen LogP contribution in [0.3, 0.4) is 0 Å². The molecule has 5 aromatic rings. The van der Waals surface area contributed by atoms with E-state index in [1.807, 2.05) is 72.8 Å². The molecule has 1 amide bonds. The quantitative estimate of drug-likeness (QED) is 0.337. The molecule has 0 aliphatic heterocycles. The summed E-state index contributed by atoms with van der Waals surface area (Å²) in [4.78, 5) is 22.2. The highest BCUT2D eigenvalue weighted by Gasteiger charge is 2.14. The van der Waals surface area contributed by atoms with E-state index in [-0.39, 0.29) is 18.1 Å². The van der Waals surface area contributed by atoms with E-state index >= 15 is 0 Å². The SMILES string of the molecule is O=C(Cc1ccc2ccccc2c1)Nc1ncc(-c2ccc(F)cc2)nc1Cc1ccccc1. The molecule has 0 radical (unpaired) electrons. The van der Waals surface area contributed by atoms with Crippen LogP contribution in [0.1, 0.15) is 16.8 Å². The summed E-state index contributed by atoms with van der Waals surface area (Å²) in [6, 6.07) is 30.1. The lowest BCUT2D eigenvalue weighted by molar-refractivity contribution is -0.115. The Morgan fingerprint density at radius 1 is 0.794 bits per heavy atom. The summed E-state index contributed by atoms with van der Waals surface area (Å²) in [7, 11) is 0. The van der Waals surface area contributed by atoms with Gasteiger partial charge in [-0.05, 0) is 46.2 Å². The molecule has 4 aromatic carbocycles. The van der Waals surface area contributed by atoms with Gasteiger partial charge in [-0.15, -0.1) is 0 Å². The summed E-state index contributed by atoms with van der Waals surface area (Å²) >= 11 is 0. The minimum Gasteiger partial charge on any atom is -0.309 e. The fourth-order valence-electron chi connectivity index (χ4n) is 3.91. The number of carbonyl (C=O) groups excluding carboxylic acids is 1. The van der Waals surface area contributed by atoms with Gasteiger partial charge >= 0.3 is 0 Å². The molecular weight excluding hydrogens is 425 g/mol. The van der Waals surface area contributed by atoms with Gasteiger partial charge in [0.1, 0.15) is 5.82 Å². The number of anilines is 1. The zero-order valence-corrected chi connectivity index (χ0v) is 18.4. The Bertz CT molecular complexity index is 1450. The van der Waals surface area contributed by atoms with Crippen molar-refractivity contribution in [2.75, 3.05) is 5.32 Å². The lowest BCUT2D eigenvalue weighted by atomic mass is 10.0. The number of carbonyl (C=O) groups is 1. The summed E-state index contributed by atoms with van der Waals surface area (Å²) in [5.41, 5.74) is 4.02. The molecule has 0 spiro atoms. The molecule has 0 aliphatic rings. The minimum absolute atomic E-state index is 0.159. The first-order chi connectivity index (χ1) is 16.6. The topological polar surface area (TPSA) is 54.9 Å². The van der Waals surface area contributed by atoms with Crippen molar-refractivity contribution in [3.63, 3.8) is 0 Å². The maximum atomic E-state index is 13.4. The highest BCUT2D eigenvalue weighted by atomic mass is 19.1. The average Bonchev–Trinajstić information content (AvgIpc) is 2.86. The van der Waals surface area contributed by atoms with Crippen molar-refractivity contribution >= 4 is 22.5 Å². The third-order valence-corrected chi connectivity index (χ3v) is 5.64. The number of hydrogen-bond donors (Lipinski definition) is 1. The largest absolute Gasteiger partial charge is 0.309 e. The van der Waals surface area contributed by atoms with Gasteiger partial charge in [0.25, 0.3) is 0 Å². The summed E-state index contributed by atoms with van der Waals surface area (Å²) in [5, 5.41) is 5.18. The van der Waals surface area contributed by atoms with Crippen LogP contribution in [0, 0.1) is 5.82 Å². The van der Waals surface area contributed by atoms with Crippen LogP contribution in [-0.2, 0) is 17.6 Å². The first-order valence-corrected chi connectivity index (χ1v) is 11.1. The van der Waals surface area contributed by atoms with Crippen LogP contribution in [0.5, 0.6) is 0 Å². The third-order valence-electron chi connectivity index (χ3n) is 5.64. The molecule has 4 nitrogen and oxygen atoms in total. The van der Waals surface area contributed by atoms with E-state index in [9.17, 15) is 9.18 Å². The normalized spacial score (nSPS) is 10.9. The van der Waals surface area contributed by atoms with Gasteiger partial charge in [-0.2, -0.15) is 0 Å². The number of nitrogens with zero attached hydrogens (tertiary/aromatic N) is 2. The molecule has 1 N–H and O–H groups in total. The van der Waals surface area contributed by atoms with Crippen molar-refractivity contribution in [3.8, 4) is 11.3 Å². The fourth-order valence-corrected chi connectivity index (χ4v) is 3.91. The standard InChI is InChI=1S/C29H22FN3O/c30-25-14-12-23(13-15-25)27-19-31-29(26(32-27)17-20-6-2-1-3-7-20)33-28(34)18-21-10-11-22-8-4-5-9-24(22)16-21/h1-16,19H,17-18H2,(H,31,33,34). The highest BCUT2D eigenvalue weighted by molar-refractivity contribution is 5.93. The van der Waals surface area contributed by atoms with Crippen molar-refractivity contribution in [2.24, 2.45) is 0 Å². The number of benzene rings is 4. The highest BCUT2D eigenvalue weighted by Crippen LogP contribution is 2.23. The van der Waals surface area contributed by atoms with Crippen LogP contribution in [-0.4, -0.2) is 15.9 Å². The van der Waals surface area contributed by atoms with E-state index < -0.39 is 0 Å². The van der Waals surface area contributed by atoms with E-state index in [2.05, 4.69) is 10.3 Å². The maximum Gasteiger partial charge on any atom is 0.229 e. The maximum absolute atomic E-state index is 13.4. The number of aromatic nitrogens is 2. The second-order valence-corrected chi connectivity index (χ2v) is 8.13. The third kappa shape index (κ3) is 4.99. The Morgan fingerprint density at radius 3 is 2.32 bits per heavy atom. The molecule has 5 rings (SSSR count). The summed E-state index contributed by atoms with van der Waals surface area (Å²) < 4.78 is 13.4. The van der Waals surface area contributed by atoms with Crippen LogP contribution >= 0.6 is 0 Å². The van der Waals surface area contributed by atoms with E-state index in [4.69, 9.17) is 4.98 Å². The fraction of sp³-hybridized carbons (Fsp3) is 0.0690. The summed E-state index contributed by atoms with van der Waals surface area (Å²) in [6.07, 6.45) is 2.35. The van der Waals surface area contributed by atoms with E-state index in [0.717, 1.165) is 27.5 Å². The van der Waals surface area contributed by atoms with Gasteiger partial charge in [0.05, 0.1) is 24.0 Å². The van der Waals surface area contributed by atoms with Gasteiger partial charge in [-0.25, -0.2) is 14.4 Å². The van der Waals surface area contributed by atoms with Gasteiger partial charge in [-0.3, -0.25) is 4.79 Å². The first-order valence-electron chi connectivity index (χ1n) is 11.1. The monoisotopic (exact) mass is 447 g/mol. The molecular formula is C29H22FN3O. The van der Waals surface area contributed by atoms with Crippen molar-refractivity contribution in [2.45, 2.75) is 12.8 Å². The molecule has 0 saturated carbocycles. The zero-order valence-electron chi connectivity index (χ0n) is 18.4. The number of rotatable bonds is 6. The van der Waals surface area contributed by atoms with Gasteiger partial charge in [0, 0.05) is 12.0 Å². The van der Waals surface area contributed by atoms with E-state index in [1.54, 1.807) is 18.3 Å². The molecule has 1 aromatic heterocycles. The summed E-state index contributed by atoms with van der Waals surface area (Å²) in [5.74, 6) is -0.0345. The predicted octanol–water partition coefficient (Wildman–Crippen LogP) is 6.21. The lowest BCUT2D eigenvalue weighted by Gasteiger charge is -2.12. The smallest absolute Gasteiger partial charge is 0.229 e. The molecule has 0 saturated heterocycles. The lowest BCUT2D eigenvalue weighted by Crippen LogP contribution is -2.17. The molecule has 0 bridgehead atoms. The van der Waals surface area contributed by atoms with Crippen molar-refractivity contribution in [1.29, 1.82) is 0 Å². The zero-order chi connectivity index (χ0) is 23.3. The second-order valence-electron chi connectivity index (χ2n) is 8.13. The summed E-state index contributed by atoms with van der Waals surface area (Å²) in [6.45, 7) is 0. The molecule has 166 valence electrons. The Hall–Kier alpha value is -4.38. The van der Waals surface area contributed by atoms with Crippen LogP contribution in [0.4, 0.5) is 10.2 Å². The van der Waals surface area contributed by atoms with Gasteiger partial charge in [0.15, 0.2) is 5.82 Å². The molecule has 5 heteroatoms. The number of hydrogen-bond acceptors (Lipinski definition) is 3. The molecule has 0 unspecified atom stereocenters. The van der Waals surface area contributed by atoms with Crippen molar-refractivity contribution in [1.82, 2.24) is 9.97 Å². The number of fused-ring (bicyclic) bond motifs is 1.